The number of pyridine rings is 1. The lowest BCUT2D eigenvalue weighted by Gasteiger charge is -2.23. The van der Waals surface area contributed by atoms with Crippen LogP contribution in [0.25, 0.3) is 22.4 Å². The molecule has 0 atom stereocenters. The molecule has 0 unspecified atom stereocenters. The molecule has 0 radical (unpaired) electrons. The van der Waals surface area contributed by atoms with Gasteiger partial charge in [0.25, 0.3) is 0 Å². The van der Waals surface area contributed by atoms with Crippen LogP contribution in [0.3, 0.4) is 0 Å². The van der Waals surface area contributed by atoms with Crippen molar-refractivity contribution in [3.8, 4) is 22.4 Å². The molecule has 192 valence electrons. The van der Waals surface area contributed by atoms with Crippen molar-refractivity contribution < 1.29 is 23.5 Å². The first-order chi connectivity index (χ1) is 17.1. The summed E-state index contributed by atoms with van der Waals surface area (Å²) in [6, 6.07) is 8.60. The number of hydrogen-bond acceptors (Lipinski definition) is 8. The van der Waals surface area contributed by atoms with Gasteiger partial charge in [-0.3, -0.25) is 10.1 Å². The van der Waals surface area contributed by atoms with Crippen LogP contribution >= 0.6 is 0 Å². The Bertz CT molecular complexity index is 1190. The van der Waals surface area contributed by atoms with Crippen LogP contribution in [0.4, 0.5) is 20.7 Å². The van der Waals surface area contributed by atoms with Crippen molar-refractivity contribution in [2.24, 2.45) is 5.73 Å². The summed E-state index contributed by atoms with van der Waals surface area (Å²) in [6.07, 6.45) is 3.55. The Morgan fingerprint density at radius 2 is 1.92 bits per heavy atom. The van der Waals surface area contributed by atoms with E-state index in [2.05, 4.69) is 36.3 Å². The molecule has 11 heteroatoms. The Morgan fingerprint density at radius 3 is 2.58 bits per heavy atom. The predicted molar refractivity (Wildman–Crippen MR) is 136 cm³/mol. The van der Waals surface area contributed by atoms with Gasteiger partial charge in [0.2, 0.25) is 6.41 Å². The highest BCUT2D eigenvalue weighted by Crippen LogP contribution is 2.30. The molecule has 2 heterocycles. The number of hydrogen-bond donors (Lipinski definition) is 3. The van der Waals surface area contributed by atoms with Crippen molar-refractivity contribution in [3.63, 3.8) is 0 Å². The van der Waals surface area contributed by atoms with E-state index >= 15 is 0 Å². The molecular formula is C25H31FN6O4. The van der Waals surface area contributed by atoms with Crippen LogP contribution in [0.15, 0.2) is 42.7 Å². The lowest BCUT2D eigenvalue weighted by molar-refractivity contribution is -0.106. The number of aromatic nitrogens is 3. The summed E-state index contributed by atoms with van der Waals surface area (Å²) in [7, 11) is 2.94. The fourth-order valence-electron chi connectivity index (χ4n) is 3.17. The number of amides is 2. The minimum absolute atomic E-state index is 0.250. The van der Waals surface area contributed by atoms with Gasteiger partial charge in [-0.1, -0.05) is 0 Å². The standard InChI is InChI=1S/C24H28FN5O3.CH3NO/c1-15-10-19(25)21(26-9-7-24(2,3)33-5)13-18(15)20-11-17(14-28-30-20)16-6-8-27-22(12-16)29-23(31)32-4;2-1-3/h6,8,10-14,26H,7,9H2,1-5H3,(H,27,29,31);1H,(H2,2,3). The number of primary amides is 1. The zero-order valence-electron chi connectivity index (χ0n) is 21.0. The molecule has 0 aliphatic rings. The van der Waals surface area contributed by atoms with Crippen molar-refractivity contribution in [2.45, 2.75) is 32.8 Å². The summed E-state index contributed by atoms with van der Waals surface area (Å²) in [4.78, 5) is 24.2. The molecule has 0 fully saturated rings. The number of halogens is 1. The Balaban J connectivity index is 0.00000145. The predicted octanol–water partition coefficient (Wildman–Crippen LogP) is 4.16. The van der Waals surface area contributed by atoms with Crippen LogP contribution in [0.2, 0.25) is 0 Å². The van der Waals surface area contributed by atoms with E-state index in [0.717, 1.165) is 22.3 Å². The smallest absolute Gasteiger partial charge is 0.412 e. The number of carbonyl (C=O) groups excluding carboxylic acids is 2. The minimum Gasteiger partial charge on any atom is -0.453 e. The maximum absolute atomic E-state index is 14.6. The molecule has 0 saturated heterocycles. The summed E-state index contributed by atoms with van der Waals surface area (Å²) in [5, 5.41) is 14.1. The van der Waals surface area contributed by atoms with Gasteiger partial charge < -0.3 is 20.5 Å². The number of rotatable bonds is 8. The van der Waals surface area contributed by atoms with Gasteiger partial charge in [-0.05, 0) is 68.7 Å². The first kappa shape index (κ1) is 28.1. The number of aryl methyl sites for hydroxylation is 1. The van der Waals surface area contributed by atoms with Crippen molar-refractivity contribution >= 4 is 24.0 Å². The average Bonchev–Trinajstić information content (AvgIpc) is 2.86. The molecule has 10 nitrogen and oxygen atoms in total. The van der Waals surface area contributed by atoms with E-state index in [9.17, 15) is 9.18 Å². The highest BCUT2D eigenvalue weighted by Gasteiger charge is 2.17. The van der Waals surface area contributed by atoms with Gasteiger partial charge in [-0.25, -0.2) is 14.2 Å². The third kappa shape index (κ3) is 7.98. The fraction of sp³-hybridized carbons (Fsp3) is 0.320. The molecular weight excluding hydrogens is 467 g/mol. The van der Waals surface area contributed by atoms with Crippen LogP contribution in [0.5, 0.6) is 0 Å². The summed E-state index contributed by atoms with van der Waals surface area (Å²) in [6.45, 7) is 6.35. The number of anilines is 2. The van der Waals surface area contributed by atoms with E-state index in [-0.39, 0.29) is 17.8 Å². The molecule has 0 aliphatic heterocycles. The number of carbonyl (C=O) groups is 2. The number of nitrogens with one attached hydrogen (secondary N) is 2. The molecule has 2 aromatic heterocycles. The van der Waals surface area contributed by atoms with Crippen molar-refractivity contribution in [1.82, 2.24) is 15.2 Å². The molecule has 0 saturated carbocycles. The minimum atomic E-state index is -0.607. The lowest BCUT2D eigenvalue weighted by Crippen LogP contribution is -2.25. The normalized spacial score (nSPS) is 10.6. The highest BCUT2D eigenvalue weighted by atomic mass is 19.1. The van der Waals surface area contributed by atoms with E-state index in [0.29, 0.717) is 30.2 Å². The van der Waals surface area contributed by atoms with Crippen LogP contribution < -0.4 is 16.4 Å². The molecule has 3 aromatic rings. The van der Waals surface area contributed by atoms with Crippen molar-refractivity contribution in [2.75, 3.05) is 31.4 Å². The second kappa shape index (κ2) is 13.1. The highest BCUT2D eigenvalue weighted by molar-refractivity contribution is 5.84. The third-order valence-electron chi connectivity index (χ3n) is 5.35. The molecule has 0 bridgehead atoms. The zero-order chi connectivity index (χ0) is 26.7. The van der Waals surface area contributed by atoms with Gasteiger partial charge in [0.05, 0.1) is 30.3 Å². The van der Waals surface area contributed by atoms with Gasteiger partial charge in [-0.2, -0.15) is 10.2 Å². The second-order valence-electron chi connectivity index (χ2n) is 8.30. The van der Waals surface area contributed by atoms with Gasteiger partial charge in [0.15, 0.2) is 0 Å². The molecule has 3 rings (SSSR count). The topological polar surface area (TPSA) is 141 Å². The summed E-state index contributed by atoms with van der Waals surface area (Å²) < 4.78 is 24.6. The first-order valence-corrected chi connectivity index (χ1v) is 11.0. The number of nitrogens with zero attached hydrogens (tertiary/aromatic N) is 3. The SMILES string of the molecule is COC(=O)Nc1cc(-c2cnnc(-c3cc(NCCC(C)(C)OC)c(F)cc3C)c2)ccn1.NC=O. The average molecular weight is 499 g/mol. The molecule has 4 N–H and O–H groups in total. The monoisotopic (exact) mass is 498 g/mol. The fourth-order valence-corrected chi connectivity index (χ4v) is 3.17. The first-order valence-electron chi connectivity index (χ1n) is 11.0. The Kier molecular flexibility index (Phi) is 10.2. The van der Waals surface area contributed by atoms with Crippen LogP contribution in [0.1, 0.15) is 25.8 Å². The molecule has 1 aromatic carbocycles. The van der Waals surface area contributed by atoms with Gasteiger partial charge in [0, 0.05) is 31.0 Å². The van der Waals surface area contributed by atoms with Gasteiger partial charge in [0.1, 0.15) is 11.6 Å². The number of ether oxygens (including phenoxy) is 2. The second-order valence-corrected chi connectivity index (χ2v) is 8.30. The quantitative estimate of drug-likeness (QED) is 0.393. The number of methoxy groups -OCH3 is 2. The van der Waals surface area contributed by atoms with Crippen molar-refractivity contribution in [1.29, 1.82) is 0 Å². The summed E-state index contributed by atoms with van der Waals surface area (Å²) in [5.74, 6) is 0.0180. The summed E-state index contributed by atoms with van der Waals surface area (Å²) in [5.41, 5.74) is 7.92. The van der Waals surface area contributed by atoms with Crippen LogP contribution in [-0.2, 0) is 14.3 Å². The van der Waals surface area contributed by atoms with Gasteiger partial charge in [-0.15, -0.1) is 0 Å². The third-order valence-corrected chi connectivity index (χ3v) is 5.35. The molecule has 0 aliphatic carbocycles. The van der Waals surface area contributed by atoms with Crippen molar-refractivity contribution in [3.05, 3.63) is 54.1 Å². The lowest BCUT2D eigenvalue weighted by atomic mass is 10.0. The van der Waals surface area contributed by atoms with Gasteiger partial charge >= 0.3 is 6.09 Å². The Morgan fingerprint density at radius 1 is 1.19 bits per heavy atom. The molecule has 2 amide bonds. The van der Waals surface area contributed by atoms with E-state index < -0.39 is 6.09 Å². The largest absolute Gasteiger partial charge is 0.453 e. The van der Waals surface area contributed by atoms with Crippen LogP contribution in [0, 0.1) is 12.7 Å². The molecule has 0 spiro atoms. The molecule has 36 heavy (non-hydrogen) atoms. The maximum Gasteiger partial charge on any atom is 0.412 e. The zero-order valence-corrected chi connectivity index (χ0v) is 21.0. The van der Waals surface area contributed by atoms with Crippen LogP contribution in [-0.4, -0.2) is 54.1 Å². The Labute approximate surface area is 209 Å². The van der Waals surface area contributed by atoms with E-state index in [1.165, 1.54) is 13.2 Å². The number of benzene rings is 1. The Hall–Kier alpha value is -4.12. The summed E-state index contributed by atoms with van der Waals surface area (Å²) >= 11 is 0. The van der Waals surface area contributed by atoms with E-state index in [1.54, 1.807) is 37.7 Å². The van der Waals surface area contributed by atoms with E-state index in [4.69, 9.17) is 9.53 Å². The number of nitrogens with two attached hydrogens (primary N) is 1. The van der Waals surface area contributed by atoms with E-state index in [1.807, 2.05) is 26.8 Å². The maximum atomic E-state index is 14.6.